The highest BCUT2D eigenvalue weighted by Crippen LogP contribution is 2.47. The second-order valence-corrected chi connectivity index (χ2v) is 11.0. The third kappa shape index (κ3) is 3.62. The van der Waals surface area contributed by atoms with E-state index >= 15 is 0 Å². The number of hydrogen-bond acceptors (Lipinski definition) is 2. The van der Waals surface area contributed by atoms with Crippen LogP contribution in [-0.4, -0.2) is 4.57 Å². The average molecular weight is 551 g/mol. The minimum atomic E-state index is 0.875. The predicted molar refractivity (Wildman–Crippen MR) is 180 cm³/mol. The van der Waals surface area contributed by atoms with Crippen LogP contribution in [0, 0.1) is 0 Å². The van der Waals surface area contributed by atoms with Gasteiger partial charge in [-0.25, -0.2) is 0 Å². The van der Waals surface area contributed by atoms with Crippen LogP contribution in [0.25, 0.3) is 60.2 Å². The molecule has 43 heavy (non-hydrogen) atoms. The molecule has 0 bridgehead atoms. The summed E-state index contributed by atoms with van der Waals surface area (Å²) in [5.41, 5.74) is 8.51. The molecule has 3 nitrogen and oxygen atoms in total. The molecule has 3 heteroatoms. The van der Waals surface area contributed by atoms with E-state index in [2.05, 4.69) is 167 Å². The van der Waals surface area contributed by atoms with Gasteiger partial charge in [0, 0.05) is 27.5 Å². The Labute approximate surface area is 248 Å². The smallest absolute Gasteiger partial charge is 0.137 e. The quantitative estimate of drug-likeness (QED) is 0.217. The number of aromatic nitrogens is 1. The van der Waals surface area contributed by atoms with Crippen molar-refractivity contribution in [3.05, 3.63) is 158 Å². The fourth-order valence-corrected chi connectivity index (χ4v) is 6.69. The lowest BCUT2D eigenvalue weighted by molar-refractivity contribution is 0.669. The van der Waals surface area contributed by atoms with Gasteiger partial charge in [0.15, 0.2) is 0 Å². The molecule has 0 saturated heterocycles. The minimum Gasteiger partial charge on any atom is -0.456 e. The monoisotopic (exact) mass is 550 g/mol. The molecule has 202 valence electrons. The van der Waals surface area contributed by atoms with E-state index in [-0.39, 0.29) is 0 Å². The molecule has 0 fully saturated rings. The van der Waals surface area contributed by atoms with Crippen LogP contribution in [0.3, 0.4) is 0 Å². The molecule has 7 aromatic carbocycles. The standard InChI is InChI=1S/C40H26N2O/c1-3-15-29(16-4-1)41(35-22-12-24-37-39(35)33-25-27-13-7-8-14-28(27)26-38(33)43-37)36-23-11-20-32-31-19-9-10-21-34(31)42(40(32)36)30-17-5-2-6-18-30/h1-26H. The highest BCUT2D eigenvalue weighted by atomic mass is 16.3. The van der Waals surface area contributed by atoms with E-state index in [1.807, 2.05) is 0 Å². The topological polar surface area (TPSA) is 21.3 Å². The Morgan fingerprint density at radius 2 is 1.12 bits per heavy atom. The second kappa shape index (κ2) is 9.37. The maximum atomic E-state index is 6.52. The predicted octanol–water partition coefficient (Wildman–Crippen LogP) is 11.3. The van der Waals surface area contributed by atoms with E-state index in [0.717, 1.165) is 50.2 Å². The first kappa shape index (κ1) is 23.9. The number of rotatable bonds is 4. The van der Waals surface area contributed by atoms with Crippen molar-refractivity contribution < 1.29 is 4.42 Å². The first-order valence-electron chi connectivity index (χ1n) is 14.6. The molecule has 2 heterocycles. The van der Waals surface area contributed by atoms with Crippen LogP contribution in [0.2, 0.25) is 0 Å². The lowest BCUT2D eigenvalue weighted by atomic mass is 10.0. The zero-order chi connectivity index (χ0) is 28.3. The Hall–Kier alpha value is -5.80. The zero-order valence-electron chi connectivity index (χ0n) is 23.3. The van der Waals surface area contributed by atoms with Crippen molar-refractivity contribution in [1.82, 2.24) is 4.57 Å². The second-order valence-electron chi connectivity index (χ2n) is 11.0. The van der Waals surface area contributed by atoms with Gasteiger partial charge >= 0.3 is 0 Å². The van der Waals surface area contributed by atoms with Crippen LogP contribution < -0.4 is 4.90 Å². The Morgan fingerprint density at radius 3 is 1.95 bits per heavy atom. The van der Waals surface area contributed by atoms with Crippen molar-refractivity contribution >= 4 is 71.6 Å². The number of benzene rings is 7. The highest BCUT2D eigenvalue weighted by Gasteiger charge is 2.24. The maximum absolute atomic E-state index is 6.52. The molecule has 0 N–H and O–H groups in total. The largest absolute Gasteiger partial charge is 0.456 e. The van der Waals surface area contributed by atoms with Crippen LogP contribution in [0.1, 0.15) is 0 Å². The first-order chi connectivity index (χ1) is 21.3. The van der Waals surface area contributed by atoms with Gasteiger partial charge in [0.25, 0.3) is 0 Å². The van der Waals surface area contributed by atoms with Crippen molar-refractivity contribution in [2.24, 2.45) is 0 Å². The molecule has 0 unspecified atom stereocenters. The van der Waals surface area contributed by atoms with E-state index in [9.17, 15) is 0 Å². The fourth-order valence-electron chi connectivity index (χ4n) is 6.69. The SMILES string of the molecule is c1ccc(N(c2cccc3oc4cc5ccccc5cc4c23)c2cccc3c4ccccc4n(-c4ccccc4)c23)cc1. The van der Waals surface area contributed by atoms with Crippen LogP contribution >= 0.6 is 0 Å². The maximum Gasteiger partial charge on any atom is 0.137 e. The summed E-state index contributed by atoms with van der Waals surface area (Å²) in [7, 11) is 0. The number of para-hydroxylation sites is 4. The van der Waals surface area contributed by atoms with Gasteiger partial charge in [-0.1, -0.05) is 97.1 Å². The van der Waals surface area contributed by atoms with E-state index < -0.39 is 0 Å². The molecule has 0 aliphatic heterocycles. The molecule has 0 aliphatic carbocycles. The van der Waals surface area contributed by atoms with Crippen molar-refractivity contribution in [2.75, 3.05) is 4.90 Å². The summed E-state index contributed by atoms with van der Waals surface area (Å²) in [6, 6.07) is 56.0. The number of furan rings is 1. The van der Waals surface area contributed by atoms with Gasteiger partial charge in [0.1, 0.15) is 11.2 Å². The van der Waals surface area contributed by atoms with Crippen molar-refractivity contribution in [3.8, 4) is 5.69 Å². The summed E-state index contributed by atoms with van der Waals surface area (Å²) in [5, 5.41) is 7.04. The van der Waals surface area contributed by atoms with Gasteiger partial charge in [-0.05, 0) is 71.4 Å². The summed E-state index contributed by atoms with van der Waals surface area (Å²) in [4.78, 5) is 2.40. The molecule has 0 radical (unpaired) electrons. The third-order valence-electron chi connectivity index (χ3n) is 8.53. The molecule has 0 atom stereocenters. The molecule has 0 aliphatic rings. The van der Waals surface area contributed by atoms with Crippen molar-refractivity contribution in [2.45, 2.75) is 0 Å². The van der Waals surface area contributed by atoms with E-state index in [4.69, 9.17) is 4.42 Å². The third-order valence-corrected chi connectivity index (χ3v) is 8.53. The summed E-state index contributed by atoms with van der Waals surface area (Å²) in [6.07, 6.45) is 0. The van der Waals surface area contributed by atoms with E-state index in [0.29, 0.717) is 0 Å². The summed E-state index contributed by atoms with van der Waals surface area (Å²) in [6.45, 7) is 0. The van der Waals surface area contributed by atoms with Gasteiger partial charge in [-0.3, -0.25) is 0 Å². The molecule has 9 rings (SSSR count). The van der Waals surface area contributed by atoms with Crippen LogP contribution in [0.4, 0.5) is 17.1 Å². The number of nitrogens with zero attached hydrogens (tertiary/aromatic N) is 2. The van der Waals surface area contributed by atoms with Gasteiger partial charge in [-0.15, -0.1) is 0 Å². The fraction of sp³-hybridized carbons (Fsp3) is 0. The van der Waals surface area contributed by atoms with Gasteiger partial charge in [0.05, 0.1) is 27.8 Å². The Bertz CT molecular complexity index is 2450. The summed E-state index contributed by atoms with van der Waals surface area (Å²) >= 11 is 0. The Kier molecular flexibility index (Phi) is 5.20. The highest BCUT2D eigenvalue weighted by molar-refractivity contribution is 6.19. The van der Waals surface area contributed by atoms with Crippen LogP contribution in [0.15, 0.2) is 162 Å². The normalized spacial score (nSPS) is 11.7. The van der Waals surface area contributed by atoms with Crippen LogP contribution in [-0.2, 0) is 0 Å². The Morgan fingerprint density at radius 1 is 0.465 bits per heavy atom. The van der Waals surface area contributed by atoms with Gasteiger partial charge < -0.3 is 13.9 Å². The molecular weight excluding hydrogens is 524 g/mol. The van der Waals surface area contributed by atoms with Gasteiger partial charge in [0.2, 0.25) is 0 Å². The lowest BCUT2D eigenvalue weighted by Crippen LogP contribution is -2.12. The molecule has 0 amide bonds. The average Bonchev–Trinajstić information content (AvgIpc) is 3.61. The molecule has 9 aromatic rings. The molecule has 2 aromatic heterocycles. The van der Waals surface area contributed by atoms with Crippen LogP contribution in [0.5, 0.6) is 0 Å². The summed E-state index contributed by atoms with van der Waals surface area (Å²) in [5.74, 6) is 0. The van der Waals surface area contributed by atoms with E-state index in [1.165, 1.54) is 27.1 Å². The van der Waals surface area contributed by atoms with Crippen molar-refractivity contribution in [3.63, 3.8) is 0 Å². The number of fused-ring (bicyclic) bond motifs is 7. The van der Waals surface area contributed by atoms with Crippen molar-refractivity contribution in [1.29, 1.82) is 0 Å². The minimum absolute atomic E-state index is 0.875. The zero-order valence-corrected chi connectivity index (χ0v) is 23.3. The molecule has 0 spiro atoms. The number of anilines is 3. The first-order valence-corrected chi connectivity index (χ1v) is 14.6. The number of hydrogen-bond donors (Lipinski definition) is 0. The van der Waals surface area contributed by atoms with E-state index in [1.54, 1.807) is 0 Å². The summed E-state index contributed by atoms with van der Waals surface area (Å²) < 4.78 is 8.92. The molecular formula is C40H26N2O. The Balaban J connectivity index is 1.43. The lowest BCUT2D eigenvalue weighted by Gasteiger charge is -2.27. The molecule has 0 saturated carbocycles. The van der Waals surface area contributed by atoms with Gasteiger partial charge in [-0.2, -0.15) is 0 Å².